The number of likely N-dealkylation sites (N-methyl/N-ethyl adjacent to an activating group) is 2. The first kappa shape index (κ1) is 12.3. The molecule has 0 spiro atoms. The van der Waals surface area contributed by atoms with Gasteiger partial charge in [-0.2, -0.15) is 0 Å². The van der Waals surface area contributed by atoms with E-state index in [4.69, 9.17) is 12.2 Å². The van der Waals surface area contributed by atoms with E-state index in [1.165, 1.54) is 0 Å². The van der Waals surface area contributed by atoms with Crippen molar-refractivity contribution < 1.29 is 0 Å². The molecule has 0 saturated carbocycles. The molecule has 0 bridgehead atoms. The van der Waals surface area contributed by atoms with Gasteiger partial charge in [-0.25, -0.2) is 0 Å². The topological polar surface area (TPSA) is 23.6 Å². The predicted molar refractivity (Wildman–Crippen MR) is 67.0 cm³/mol. The summed E-state index contributed by atoms with van der Waals surface area (Å²) in [5, 5.41) is 0. The highest BCUT2D eigenvalue weighted by Gasteiger charge is 2.10. The van der Waals surface area contributed by atoms with Crippen LogP contribution >= 0.6 is 12.2 Å². The summed E-state index contributed by atoms with van der Waals surface area (Å²) in [6, 6.07) is 1.62. The molecule has 0 radical (unpaired) electrons. The fourth-order valence-electron chi connectivity index (χ4n) is 1.54. The van der Waals surface area contributed by atoms with E-state index in [9.17, 15) is 4.79 Å². The van der Waals surface area contributed by atoms with Gasteiger partial charge in [0.15, 0.2) is 0 Å². The third-order valence-electron chi connectivity index (χ3n) is 2.78. The van der Waals surface area contributed by atoms with Crippen molar-refractivity contribution in [3.63, 3.8) is 0 Å². The van der Waals surface area contributed by atoms with Gasteiger partial charge >= 0.3 is 0 Å². The minimum atomic E-state index is -0.00492. The maximum atomic E-state index is 10.9. The second-order valence-corrected chi connectivity index (χ2v) is 4.08. The average Bonchev–Trinajstić information content (AvgIpc) is 2.26. The fraction of sp³-hybridized carbons (Fsp3) is 0.636. The van der Waals surface area contributed by atoms with Gasteiger partial charge in [0, 0.05) is 26.2 Å². The zero-order valence-electron chi connectivity index (χ0n) is 9.62. The number of rotatable bonds is 6. The molecule has 0 aliphatic heterocycles. The molecule has 0 fully saturated rings. The predicted octanol–water partition coefficient (Wildman–Crippen LogP) is 1.43. The van der Waals surface area contributed by atoms with Gasteiger partial charge in [0.25, 0.3) is 0 Å². The minimum absolute atomic E-state index is 0.00492. The molecule has 0 amide bonds. The second kappa shape index (κ2) is 5.37. The summed E-state index contributed by atoms with van der Waals surface area (Å²) < 4.78 is 0.483. The highest BCUT2D eigenvalue weighted by molar-refractivity contribution is 7.71. The van der Waals surface area contributed by atoms with Gasteiger partial charge in [0.2, 0.25) is 5.43 Å². The Labute approximate surface area is 96.0 Å². The molecule has 0 saturated heterocycles. The Morgan fingerprint density at radius 1 is 1.27 bits per heavy atom. The van der Waals surface area contributed by atoms with Crippen molar-refractivity contribution >= 4 is 17.9 Å². The molecule has 0 N–H and O–H groups in total. The molecular weight excluding hydrogens is 208 g/mol. The summed E-state index contributed by atoms with van der Waals surface area (Å²) in [6.07, 6.45) is 0. The van der Waals surface area contributed by atoms with Crippen molar-refractivity contribution in [1.82, 2.24) is 4.90 Å². The Morgan fingerprint density at radius 3 is 2.27 bits per heavy atom. The smallest absolute Gasteiger partial charge is 0.200 e. The van der Waals surface area contributed by atoms with E-state index in [0.29, 0.717) is 4.51 Å². The van der Waals surface area contributed by atoms with E-state index in [1.807, 2.05) is 7.05 Å². The highest BCUT2D eigenvalue weighted by Crippen LogP contribution is 2.13. The van der Waals surface area contributed by atoms with Gasteiger partial charge in [0.05, 0.1) is 5.69 Å². The van der Waals surface area contributed by atoms with Gasteiger partial charge in [-0.05, 0) is 13.1 Å². The fourth-order valence-corrected chi connectivity index (χ4v) is 1.81. The van der Waals surface area contributed by atoms with Gasteiger partial charge < -0.3 is 9.80 Å². The van der Waals surface area contributed by atoms with Crippen LogP contribution in [0, 0.1) is 4.51 Å². The van der Waals surface area contributed by atoms with Crippen molar-refractivity contribution in [2.75, 3.05) is 38.1 Å². The molecule has 3 nitrogen and oxygen atoms in total. The van der Waals surface area contributed by atoms with Crippen molar-refractivity contribution in [3.8, 4) is 0 Å². The van der Waals surface area contributed by atoms with Gasteiger partial charge in [-0.3, -0.25) is 4.79 Å². The quantitative estimate of drug-likeness (QED) is 0.685. The monoisotopic (exact) mass is 226 g/mol. The number of hydrogen-bond acceptors (Lipinski definition) is 4. The van der Waals surface area contributed by atoms with E-state index >= 15 is 0 Å². The Bertz CT molecular complexity index is 378. The lowest BCUT2D eigenvalue weighted by atomic mass is 10.2. The molecule has 0 aliphatic carbocycles. The van der Waals surface area contributed by atoms with Crippen LogP contribution in [0.25, 0.3) is 0 Å². The van der Waals surface area contributed by atoms with Crippen LogP contribution in [0.15, 0.2) is 10.9 Å². The van der Waals surface area contributed by atoms with Gasteiger partial charge in [0.1, 0.15) is 4.51 Å². The standard InChI is InChI=1S/C11H18N2OS/c1-4-13(5-2)7-6-12(3)9-8-10(14)11(9)15/h8H,4-7H2,1-3H3. The highest BCUT2D eigenvalue weighted by atomic mass is 32.1. The van der Waals surface area contributed by atoms with Crippen LogP contribution < -0.4 is 10.3 Å². The molecule has 0 aromatic heterocycles. The third-order valence-corrected chi connectivity index (χ3v) is 3.19. The molecule has 1 aromatic carbocycles. The van der Waals surface area contributed by atoms with Gasteiger partial charge in [-0.15, -0.1) is 0 Å². The Balaban J connectivity index is 2.44. The average molecular weight is 226 g/mol. The zero-order valence-corrected chi connectivity index (χ0v) is 10.4. The molecule has 0 atom stereocenters. The maximum Gasteiger partial charge on any atom is 0.200 e. The Hall–Kier alpha value is -0.740. The molecule has 1 aromatic rings. The van der Waals surface area contributed by atoms with Gasteiger partial charge in [-0.1, -0.05) is 26.1 Å². The van der Waals surface area contributed by atoms with Crippen molar-refractivity contribution in [1.29, 1.82) is 0 Å². The second-order valence-electron chi connectivity index (χ2n) is 3.67. The minimum Gasteiger partial charge on any atom is -0.372 e. The Kier molecular flexibility index (Phi) is 4.42. The van der Waals surface area contributed by atoms with Crippen LogP contribution in [0.3, 0.4) is 0 Å². The Morgan fingerprint density at radius 2 is 1.87 bits per heavy atom. The summed E-state index contributed by atoms with van der Waals surface area (Å²) in [5.74, 6) is 0. The summed E-state index contributed by atoms with van der Waals surface area (Å²) in [6.45, 7) is 8.36. The first-order valence-corrected chi connectivity index (χ1v) is 5.74. The molecule has 4 heteroatoms. The SMILES string of the molecule is CCN(CC)CCN(C)c1cc(=O)c1=S. The summed E-state index contributed by atoms with van der Waals surface area (Å²) >= 11 is 4.97. The lowest BCUT2D eigenvalue weighted by Crippen LogP contribution is -2.34. The zero-order chi connectivity index (χ0) is 11.4. The number of anilines is 1. The summed E-state index contributed by atoms with van der Waals surface area (Å²) in [7, 11) is 1.98. The van der Waals surface area contributed by atoms with E-state index < -0.39 is 0 Å². The molecule has 0 unspecified atom stereocenters. The molecular formula is C11H18N2OS. The first-order valence-electron chi connectivity index (χ1n) is 5.34. The van der Waals surface area contributed by atoms with Crippen LogP contribution in [0.1, 0.15) is 13.8 Å². The van der Waals surface area contributed by atoms with Crippen molar-refractivity contribution in [2.45, 2.75) is 13.8 Å². The van der Waals surface area contributed by atoms with E-state index in [1.54, 1.807) is 6.07 Å². The lowest BCUT2D eigenvalue weighted by molar-refractivity contribution is 0.311. The molecule has 0 heterocycles. The normalized spacial score (nSPS) is 11.2. The van der Waals surface area contributed by atoms with E-state index in [0.717, 1.165) is 31.9 Å². The molecule has 0 aliphatic rings. The van der Waals surface area contributed by atoms with Crippen LogP contribution in [0.4, 0.5) is 5.69 Å². The largest absolute Gasteiger partial charge is 0.372 e. The summed E-state index contributed by atoms with van der Waals surface area (Å²) in [5.41, 5.74) is 0.914. The van der Waals surface area contributed by atoms with E-state index in [2.05, 4.69) is 23.6 Å². The lowest BCUT2D eigenvalue weighted by Gasteiger charge is -2.25. The number of nitrogens with zero attached hydrogens (tertiary/aromatic N) is 2. The van der Waals surface area contributed by atoms with Crippen molar-refractivity contribution in [3.05, 3.63) is 20.8 Å². The molecule has 1 rings (SSSR count). The molecule has 15 heavy (non-hydrogen) atoms. The van der Waals surface area contributed by atoms with Crippen LogP contribution in [0.5, 0.6) is 0 Å². The maximum absolute atomic E-state index is 10.9. The van der Waals surface area contributed by atoms with Crippen LogP contribution in [-0.4, -0.2) is 38.1 Å². The summed E-state index contributed by atoms with van der Waals surface area (Å²) in [4.78, 5) is 15.3. The molecule has 84 valence electrons. The van der Waals surface area contributed by atoms with Crippen molar-refractivity contribution in [2.24, 2.45) is 0 Å². The third kappa shape index (κ3) is 2.86. The van der Waals surface area contributed by atoms with Crippen LogP contribution in [-0.2, 0) is 0 Å². The number of hydrogen-bond donors (Lipinski definition) is 0. The first-order chi connectivity index (χ1) is 7.10. The van der Waals surface area contributed by atoms with Crippen LogP contribution in [0.2, 0.25) is 0 Å². The van der Waals surface area contributed by atoms with E-state index in [-0.39, 0.29) is 5.43 Å².